The van der Waals surface area contributed by atoms with Crippen LogP contribution in [0, 0.1) is 0 Å². The molecule has 122 valence electrons. The summed E-state index contributed by atoms with van der Waals surface area (Å²) in [5, 5.41) is 6.68. The van der Waals surface area contributed by atoms with Crippen molar-refractivity contribution in [3.8, 4) is 0 Å². The monoisotopic (exact) mass is 311 g/mol. The molecule has 0 fully saturated rings. The van der Waals surface area contributed by atoms with E-state index in [0.29, 0.717) is 6.61 Å². The Kier molecular flexibility index (Phi) is 7.14. The van der Waals surface area contributed by atoms with Crippen LogP contribution in [0.25, 0.3) is 0 Å². The van der Waals surface area contributed by atoms with Gasteiger partial charge in [0.05, 0.1) is 6.61 Å². The molecule has 0 saturated carbocycles. The van der Waals surface area contributed by atoms with Crippen molar-refractivity contribution in [1.82, 2.24) is 10.6 Å². The van der Waals surface area contributed by atoms with Gasteiger partial charge in [0.15, 0.2) is 5.96 Å². The third-order valence-corrected chi connectivity index (χ3v) is 3.55. The summed E-state index contributed by atoms with van der Waals surface area (Å²) in [6.07, 6.45) is 0. The number of aliphatic imine (C=N–C) groups is 1. The van der Waals surface area contributed by atoms with E-state index in [1.165, 1.54) is 16.7 Å². The molecule has 0 aliphatic heterocycles. The summed E-state index contributed by atoms with van der Waals surface area (Å²) in [5.74, 6) is 0.792. The molecule has 0 saturated heterocycles. The SMILES string of the molecule is CCOCc1ccccc1CNC(=NC)NCc1ccccc1. The van der Waals surface area contributed by atoms with Crippen LogP contribution in [0.5, 0.6) is 0 Å². The lowest BCUT2D eigenvalue weighted by molar-refractivity contribution is 0.133. The molecule has 4 nitrogen and oxygen atoms in total. The van der Waals surface area contributed by atoms with Gasteiger partial charge in [0.1, 0.15) is 0 Å². The van der Waals surface area contributed by atoms with Crippen molar-refractivity contribution in [1.29, 1.82) is 0 Å². The number of ether oxygens (including phenoxy) is 1. The minimum atomic E-state index is 0.643. The van der Waals surface area contributed by atoms with E-state index < -0.39 is 0 Å². The van der Waals surface area contributed by atoms with Gasteiger partial charge in [0.2, 0.25) is 0 Å². The Balaban J connectivity index is 1.88. The van der Waals surface area contributed by atoms with Crippen molar-refractivity contribution >= 4 is 5.96 Å². The molecule has 0 amide bonds. The zero-order chi connectivity index (χ0) is 16.3. The van der Waals surface area contributed by atoms with Crippen LogP contribution in [-0.2, 0) is 24.4 Å². The van der Waals surface area contributed by atoms with Crippen LogP contribution >= 0.6 is 0 Å². The molecule has 2 aromatic carbocycles. The molecule has 2 N–H and O–H groups in total. The number of hydrogen-bond donors (Lipinski definition) is 2. The first kappa shape index (κ1) is 17.0. The van der Waals surface area contributed by atoms with E-state index in [2.05, 4.69) is 39.9 Å². The highest BCUT2D eigenvalue weighted by Crippen LogP contribution is 2.10. The highest BCUT2D eigenvalue weighted by molar-refractivity contribution is 5.79. The number of hydrogen-bond acceptors (Lipinski definition) is 2. The first-order valence-corrected chi connectivity index (χ1v) is 7.96. The van der Waals surface area contributed by atoms with E-state index >= 15 is 0 Å². The Bertz CT molecular complexity index is 611. The van der Waals surface area contributed by atoms with Gasteiger partial charge in [-0.3, -0.25) is 4.99 Å². The second-order valence-corrected chi connectivity index (χ2v) is 5.17. The van der Waals surface area contributed by atoms with E-state index in [9.17, 15) is 0 Å². The van der Waals surface area contributed by atoms with Gasteiger partial charge in [-0.1, -0.05) is 54.6 Å². The van der Waals surface area contributed by atoms with Crippen LogP contribution in [0.3, 0.4) is 0 Å². The Hall–Kier alpha value is -2.33. The molecule has 0 atom stereocenters. The van der Waals surface area contributed by atoms with Crippen LogP contribution in [0.1, 0.15) is 23.6 Å². The predicted molar refractivity (Wildman–Crippen MR) is 95.3 cm³/mol. The third-order valence-electron chi connectivity index (χ3n) is 3.55. The van der Waals surface area contributed by atoms with E-state index in [0.717, 1.165) is 25.7 Å². The average molecular weight is 311 g/mol. The summed E-state index contributed by atoms with van der Waals surface area (Å²) < 4.78 is 5.53. The molecule has 2 rings (SSSR count). The van der Waals surface area contributed by atoms with Gasteiger partial charge in [-0.05, 0) is 23.6 Å². The molecule has 4 heteroatoms. The Morgan fingerprint density at radius 2 is 1.57 bits per heavy atom. The lowest BCUT2D eigenvalue weighted by Crippen LogP contribution is -2.36. The van der Waals surface area contributed by atoms with Gasteiger partial charge in [-0.2, -0.15) is 0 Å². The first-order chi connectivity index (χ1) is 11.3. The molecule has 0 spiro atoms. The smallest absolute Gasteiger partial charge is 0.191 e. The van der Waals surface area contributed by atoms with Gasteiger partial charge < -0.3 is 15.4 Å². The topological polar surface area (TPSA) is 45.6 Å². The van der Waals surface area contributed by atoms with E-state index in [-0.39, 0.29) is 0 Å². The molecule has 23 heavy (non-hydrogen) atoms. The maximum absolute atomic E-state index is 5.53. The van der Waals surface area contributed by atoms with Crippen LogP contribution < -0.4 is 10.6 Å². The average Bonchev–Trinajstić information content (AvgIpc) is 2.61. The zero-order valence-corrected chi connectivity index (χ0v) is 13.9. The summed E-state index contributed by atoms with van der Waals surface area (Å²) >= 11 is 0. The van der Waals surface area contributed by atoms with Crippen molar-refractivity contribution in [3.05, 3.63) is 71.3 Å². The van der Waals surface area contributed by atoms with Crippen molar-refractivity contribution in [2.45, 2.75) is 26.6 Å². The molecule has 0 aliphatic rings. The van der Waals surface area contributed by atoms with Crippen molar-refractivity contribution in [3.63, 3.8) is 0 Å². The van der Waals surface area contributed by atoms with E-state index in [1.807, 2.05) is 37.3 Å². The Labute approximate surface area is 138 Å². The Morgan fingerprint density at radius 1 is 0.913 bits per heavy atom. The minimum absolute atomic E-state index is 0.643. The summed E-state index contributed by atoms with van der Waals surface area (Å²) in [5.41, 5.74) is 3.66. The zero-order valence-electron chi connectivity index (χ0n) is 13.9. The molecule has 0 unspecified atom stereocenters. The minimum Gasteiger partial charge on any atom is -0.377 e. The predicted octanol–water partition coefficient (Wildman–Crippen LogP) is 3.09. The Morgan fingerprint density at radius 3 is 2.26 bits per heavy atom. The van der Waals surface area contributed by atoms with Gasteiger partial charge in [-0.25, -0.2) is 0 Å². The normalized spacial score (nSPS) is 11.3. The number of guanidine groups is 1. The number of nitrogens with one attached hydrogen (secondary N) is 2. The molecule has 0 aromatic heterocycles. The summed E-state index contributed by atoms with van der Waals surface area (Å²) in [6.45, 7) is 4.85. The summed E-state index contributed by atoms with van der Waals surface area (Å²) in [6, 6.07) is 18.6. The quantitative estimate of drug-likeness (QED) is 0.610. The van der Waals surface area contributed by atoms with Crippen molar-refractivity contribution in [2.24, 2.45) is 4.99 Å². The largest absolute Gasteiger partial charge is 0.377 e. The molecular weight excluding hydrogens is 286 g/mol. The summed E-state index contributed by atoms with van der Waals surface area (Å²) in [7, 11) is 1.78. The lowest BCUT2D eigenvalue weighted by atomic mass is 10.1. The standard InChI is InChI=1S/C19H25N3O/c1-3-23-15-18-12-8-7-11-17(18)14-22-19(20-2)21-13-16-9-5-4-6-10-16/h4-12H,3,13-15H2,1-2H3,(H2,20,21,22). The number of benzene rings is 2. The maximum atomic E-state index is 5.53. The molecule has 0 bridgehead atoms. The highest BCUT2D eigenvalue weighted by Gasteiger charge is 2.03. The number of nitrogens with zero attached hydrogens (tertiary/aromatic N) is 1. The van der Waals surface area contributed by atoms with Crippen LogP contribution in [-0.4, -0.2) is 19.6 Å². The second kappa shape index (κ2) is 9.64. The molecule has 2 aromatic rings. The molecular formula is C19H25N3O. The van der Waals surface area contributed by atoms with Crippen molar-refractivity contribution < 1.29 is 4.74 Å². The molecule has 0 aliphatic carbocycles. The van der Waals surface area contributed by atoms with E-state index in [4.69, 9.17) is 4.74 Å². The lowest BCUT2D eigenvalue weighted by Gasteiger charge is -2.14. The maximum Gasteiger partial charge on any atom is 0.191 e. The number of rotatable bonds is 7. The van der Waals surface area contributed by atoms with Crippen LogP contribution in [0.15, 0.2) is 59.6 Å². The van der Waals surface area contributed by atoms with Gasteiger partial charge in [-0.15, -0.1) is 0 Å². The highest BCUT2D eigenvalue weighted by atomic mass is 16.5. The van der Waals surface area contributed by atoms with Gasteiger partial charge >= 0.3 is 0 Å². The summed E-state index contributed by atoms with van der Waals surface area (Å²) in [4.78, 5) is 4.27. The second-order valence-electron chi connectivity index (χ2n) is 5.17. The fourth-order valence-electron chi connectivity index (χ4n) is 2.26. The van der Waals surface area contributed by atoms with Crippen LogP contribution in [0.2, 0.25) is 0 Å². The van der Waals surface area contributed by atoms with Gasteiger partial charge in [0.25, 0.3) is 0 Å². The third kappa shape index (κ3) is 5.75. The fourth-order valence-corrected chi connectivity index (χ4v) is 2.26. The fraction of sp³-hybridized carbons (Fsp3) is 0.316. The first-order valence-electron chi connectivity index (χ1n) is 7.96. The van der Waals surface area contributed by atoms with E-state index in [1.54, 1.807) is 7.05 Å². The van der Waals surface area contributed by atoms with Crippen LogP contribution in [0.4, 0.5) is 0 Å². The van der Waals surface area contributed by atoms with Gasteiger partial charge in [0, 0.05) is 26.7 Å². The van der Waals surface area contributed by atoms with Crippen molar-refractivity contribution in [2.75, 3.05) is 13.7 Å². The molecule has 0 heterocycles. The molecule has 0 radical (unpaired) electrons.